The summed E-state index contributed by atoms with van der Waals surface area (Å²) >= 11 is 0. The number of aliphatic carboxylic acids is 1. The van der Waals surface area contributed by atoms with E-state index in [-0.39, 0.29) is 17.2 Å². The van der Waals surface area contributed by atoms with Crippen LogP contribution >= 0.6 is 0 Å². The largest absolute Gasteiger partial charge is 0.507 e. The highest BCUT2D eigenvalue weighted by atomic mass is 16.4. The molecule has 0 aliphatic heterocycles. The molecule has 0 bridgehead atoms. The Hall–Kier alpha value is -2.04. The summed E-state index contributed by atoms with van der Waals surface area (Å²) < 4.78 is 0. The van der Waals surface area contributed by atoms with E-state index in [0.29, 0.717) is 12.8 Å². The molecule has 21 heavy (non-hydrogen) atoms. The van der Waals surface area contributed by atoms with Crippen LogP contribution in [0.1, 0.15) is 48.5 Å². The summed E-state index contributed by atoms with van der Waals surface area (Å²) in [6.45, 7) is 3.80. The highest BCUT2D eigenvalue weighted by Crippen LogP contribution is 2.33. The minimum Gasteiger partial charge on any atom is -0.507 e. The molecule has 2 unspecified atom stereocenters. The quantitative estimate of drug-likeness (QED) is 0.798. The van der Waals surface area contributed by atoms with Gasteiger partial charge < -0.3 is 15.5 Å². The molecule has 1 aliphatic carbocycles. The molecule has 0 heterocycles. The summed E-state index contributed by atoms with van der Waals surface area (Å²) in [7, 11) is 0. The van der Waals surface area contributed by atoms with Crippen molar-refractivity contribution in [1.82, 2.24) is 5.32 Å². The maximum atomic E-state index is 12.4. The number of carboxylic acid groups (broad SMARTS) is 1. The molecule has 5 nitrogen and oxygen atoms in total. The fourth-order valence-electron chi connectivity index (χ4n) is 3.03. The van der Waals surface area contributed by atoms with Crippen molar-refractivity contribution in [3.05, 3.63) is 29.3 Å². The molecule has 3 N–H and O–H groups in total. The Morgan fingerprint density at radius 2 is 2.10 bits per heavy atom. The molecule has 1 saturated carbocycles. The molecular formula is C16H21NO4. The maximum absolute atomic E-state index is 12.4. The number of nitrogens with one attached hydrogen (secondary N) is 1. The zero-order valence-corrected chi connectivity index (χ0v) is 12.3. The van der Waals surface area contributed by atoms with Crippen molar-refractivity contribution < 1.29 is 19.8 Å². The first-order valence-electron chi connectivity index (χ1n) is 7.19. The first kappa shape index (κ1) is 15.4. The summed E-state index contributed by atoms with van der Waals surface area (Å²) in [5.41, 5.74) is -0.279. The van der Waals surface area contributed by atoms with E-state index in [1.54, 1.807) is 12.1 Å². The van der Waals surface area contributed by atoms with Gasteiger partial charge in [-0.15, -0.1) is 0 Å². The number of carbonyl (C=O) groups is 2. The van der Waals surface area contributed by atoms with Crippen LogP contribution in [0.5, 0.6) is 5.75 Å². The van der Waals surface area contributed by atoms with E-state index in [4.69, 9.17) is 0 Å². The smallest absolute Gasteiger partial charge is 0.329 e. The Balaban J connectivity index is 2.27. The van der Waals surface area contributed by atoms with Gasteiger partial charge in [-0.3, -0.25) is 4.79 Å². The van der Waals surface area contributed by atoms with Crippen LogP contribution in [0.15, 0.2) is 18.2 Å². The van der Waals surface area contributed by atoms with E-state index in [1.807, 2.05) is 13.8 Å². The van der Waals surface area contributed by atoms with Crippen LogP contribution in [-0.4, -0.2) is 27.6 Å². The number of aromatic hydroxyl groups is 1. The second-order valence-electron chi connectivity index (χ2n) is 6.06. The first-order chi connectivity index (χ1) is 9.84. The standard InChI is InChI=1S/C16H21NO4/c1-10-5-6-13(18)12(8-10)14(19)17-16(15(20)21)7-3-4-11(2)9-16/h5-6,8,11,18H,3-4,7,9H2,1-2H3,(H,17,19)(H,20,21). The van der Waals surface area contributed by atoms with Crippen molar-refractivity contribution in [3.63, 3.8) is 0 Å². The molecule has 2 atom stereocenters. The van der Waals surface area contributed by atoms with E-state index in [2.05, 4.69) is 5.32 Å². The third kappa shape index (κ3) is 3.17. The van der Waals surface area contributed by atoms with Crippen LogP contribution in [0.4, 0.5) is 0 Å². The van der Waals surface area contributed by atoms with Crippen LogP contribution in [-0.2, 0) is 4.79 Å². The summed E-state index contributed by atoms with van der Waals surface area (Å²) in [6, 6.07) is 4.70. The van der Waals surface area contributed by atoms with Gasteiger partial charge in [0, 0.05) is 0 Å². The number of benzene rings is 1. The van der Waals surface area contributed by atoms with Crippen LogP contribution in [0.3, 0.4) is 0 Å². The first-order valence-corrected chi connectivity index (χ1v) is 7.19. The third-order valence-corrected chi connectivity index (χ3v) is 4.16. The molecule has 1 aliphatic rings. The van der Waals surface area contributed by atoms with Crippen molar-refractivity contribution in [1.29, 1.82) is 0 Å². The van der Waals surface area contributed by atoms with E-state index < -0.39 is 17.4 Å². The number of amides is 1. The monoisotopic (exact) mass is 291 g/mol. The van der Waals surface area contributed by atoms with Gasteiger partial charge >= 0.3 is 5.97 Å². The normalized spacial score (nSPS) is 25.3. The van der Waals surface area contributed by atoms with Gasteiger partial charge in [-0.25, -0.2) is 4.79 Å². The summed E-state index contributed by atoms with van der Waals surface area (Å²) in [4.78, 5) is 24.0. The molecule has 1 aromatic carbocycles. The van der Waals surface area contributed by atoms with E-state index in [1.165, 1.54) is 6.07 Å². The third-order valence-electron chi connectivity index (χ3n) is 4.16. The lowest BCUT2D eigenvalue weighted by atomic mass is 9.76. The Bertz CT molecular complexity index is 569. The Morgan fingerprint density at radius 1 is 1.38 bits per heavy atom. The lowest BCUT2D eigenvalue weighted by Crippen LogP contribution is -2.56. The van der Waals surface area contributed by atoms with Crippen LogP contribution in [0.25, 0.3) is 0 Å². The number of rotatable bonds is 3. The van der Waals surface area contributed by atoms with Crippen molar-refractivity contribution in [2.75, 3.05) is 0 Å². The number of phenols is 1. The molecule has 1 amide bonds. The minimum absolute atomic E-state index is 0.119. The molecule has 1 fully saturated rings. The predicted molar refractivity (Wildman–Crippen MR) is 78.3 cm³/mol. The molecule has 5 heteroatoms. The molecule has 0 spiro atoms. The maximum Gasteiger partial charge on any atom is 0.329 e. The van der Waals surface area contributed by atoms with Gasteiger partial charge in [-0.2, -0.15) is 0 Å². The van der Waals surface area contributed by atoms with Crippen molar-refractivity contribution >= 4 is 11.9 Å². The predicted octanol–water partition coefficient (Wildman–Crippen LogP) is 2.46. The average molecular weight is 291 g/mol. The molecule has 1 aromatic rings. The Morgan fingerprint density at radius 3 is 2.71 bits per heavy atom. The van der Waals surface area contributed by atoms with Gasteiger partial charge in [-0.05, 0) is 37.8 Å². The molecule has 0 aromatic heterocycles. The number of aryl methyl sites for hydroxylation is 1. The van der Waals surface area contributed by atoms with Crippen LogP contribution in [0, 0.1) is 12.8 Å². The molecule has 114 valence electrons. The molecule has 2 rings (SSSR count). The van der Waals surface area contributed by atoms with Gasteiger partial charge in [-0.1, -0.05) is 31.4 Å². The Kier molecular flexibility index (Phi) is 4.21. The van der Waals surface area contributed by atoms with Crippen LogP contribution < -0.4 is 5.32 Å². The summed E-state index contributed by atoms with van der Waals surface area (Å²) in [6.07, 6.45) is 2.58. The number of phenolic OH excluding ortho intramolecular Hbond substituents is 1. The Labute approximate surface area is 124 Å². The van der Waals surface area contributed by atoms with E-state index in [9.17, 15) is 19.8 Å². The van der Waals surface area contributed by atoms with Gasteiger partial charge in [0.2, 0.25) is 0 Å². The lowest BCUT2D eigenvalue weighted by molar-refractivity contribution is -0.146. The van der Waals surface area contributed by atoms with Crippen molar-refractivity contribution in [2.24, 2.45) is 5.92 Å². The second kappa shape index (κ2) is 5.76. The minimum atomic E-state index is -1.23. The van der Waals surface area contributed by atoms with E-state index >= 15 is 0 Å². The van der Waals surface area contributed by atoms with Gasteiger partial charge in [0.1, 0.15) is 11.3 Å². The molecule has 0 radical (unpaired) electrons. The summed E-state index contributed by atoms with van der Waals surface area (Å²) in [5, 5.41) is 22.0. The van der Waals surface area contributed by atoms with E-state index in [0.717, 1.165) is 18.4 Å². The molecular weight excluding hydrogens is 270 g/mol. The summed E-state index contributed by atoms with van der Waals surface area (Å²) in [5.74, 6) is -1.43. The topological polar surface area (TPSA) is 86.6 Å². The van der Waals surface area contributed by atoms with Gasteiger partial charge in [0.25, 0.3) is 5.91 Å². The van der Waals surface area contributed by atoms with Gasteiger partial charge in [0.15, 0.2) is 0 Å². The fraction of sp³-hybridized carbons (Fsp3) is 0.500. The van der Waals surface area contributed by atoms with Crippen molar-refractivity contribution in [3.8, 4) is 5.75 Å². The number of carbonyl (C=O) groups excluding carboxylic acids is 1. The van der Waals surface area contributed by atoms with Crippen LogP contribution in [0.2, 0.25) is 0 Å². The highest BCUT2D eigenvalue weighted by Gasteiger charge is 2.43. The number of hydrogen-bond donors (Lipinski definition) is 3. The number of carboxylic acids is 1. The average Bonchev–Trinajstić information content (AvgIpc) is 2.41. The lowest BCUT2D eigenvalue weighted by Gasteiger charge is -2.37. The zero-order valence-electron chi connectivity index (χ0n) is 12.3. The SMILES string of the molecule is Cc1ccc(O)c(C(=O)NC2(C(=O)O)CCCC(C)C2)c1. The fourth-order valence-corrected chi connectivity index (χ4v) is 3.03. The zero-order chi connectivity index (χ0) is 15.6. The second-order valence-corrected chi connectivity index (χ2v) is 6.06. The van der Waals surface area contributed by atoms with Crippen molar-refractivity contribution in [2.45, 2.75) is 45.1 Å². The highest BCUT2D eigenvalue weighted by molar-refractivity contribution is 6.00. The molecule has 0 saturated heterocycles. The van der Waals surface area contributed by atoms with Gasteiger partial charge in [0.05, 0.1) is 5.56 Å². The number of hydrogen-bond acceptors (Lipinski definition) is 3.